The van der Waals surface area contributed by atoms with E-state index in [0.29, 0.717) is 0 Å². The lowest BCUT2D eigenvalue weighted by Gasteiger charge is -2.53. The lowest BCUT2D eigenvalue weighted by Crippen LogP contribution is -2.63. The van der Waals surface area contributed by atoms with Gasteiger partial charge in [-0.25, -0.2) is 0 Å². The van der Waals surface area contributed by atoms with Crippen LogP contribution < -0.4 is 25.5 Å². The van der Waals surface area contributed by atoms with Crippen molar-refractivity contribution < 1.29 is 0 Å². The van der Waals surface area contributed by atoms with Gasteiger partial charge in [0.2, 0.25) is 0 Å². The van der Waals surface area contributed by atoms with Crippen molar-refractivity contribution in [3.63, 3.8) is 0 Å². The van der Waals surface area contributed by atoms with Crippen molar-refractivity contribution >= 4 is 63.3 Å². The third kappa shape index (κ3) is 9.11. The van der Waals surface area contributed by atoms with Gasteiger partial charge in [0.05, 0.1) is 11.1 Å². The van der Waals surface area contributed by atoms with Crippen LogP contribution in [0.4, 0.5) is 45.5 Å². The first kappa shape index (κ1) is 57.1. The molecule has 0 fully saturated rings. The summed E-state index contributed by atoms with van der Waals surface area (Å²) in [4.78, 5) is 8.08. The first-order valence-corrected chi connectivity index (χ1v) is 33.6. The van der Waals surface area contributed by atoms with E-state index in [4.69, 9.17) is 0 Å². The monoisotopic (exact) mass is 1160 g/mol. The Morgan fingerprint density at radius 1 is 0.393 bits per heavy atom. The van der Waals surface area contributed by atoms with Crippen LogP contribution in [0.1, 0.15) is 176 Å². The summed E-state index contributed by atoms with van der Waals surface area (Å²) in [5.74, 6) is 0. The second-order valence-corrected chi connectivity index (χ2v) is 29.4. The minimum atomic E-state index is -0.663. The maximum absolute atomic E-state index is 2.79. The molecule has 89 heavy (non-hydrogen) atoms. The van der Waals surface area contributed by atoms with Crippen molar-refractivity contribution in [3.05, 3.63) is 274 Å². The molecule has 3 heterocycles. The summed E-state index contributed by atoms with van der Waals surface area (Å²) in [6, 6.07) is 86.2. The number of benzene rings is 10. The van der Waals surface area contributed by atoms with E-state index in [1.807, 2.05) is 0 Å². The van der Waals surface area contributed by atoms with E-state index >= 15 is 0 Å². The van der Waals surface area contributed by atoms with Crippen molar-refractivity contribution in [3.8, 4) is 22.3 Å². The summed E-state index contributed by atoms with van der Waals surface area (Å²) in [5.41, 5.74) is 30.6. The zero-order valence-corrected chi connectivity index (χ0v) is 54.3. The minimum Gasteiger partial charge on any atom is -0.376 e. The molecule has 3 aliphatic heterocycles. The third-order valence-electron chi connectivity index (χ3n) is 22.0. The summed E-state index contributed by atoms with van der Waals surface area (Å²) in [5, 5.41) is 0. The topological polar surface area (TPSA) is 9.72 Å². The molecular formula is C85H86BN3. The summed E-state index contributed by atoms with van der Waals surface area (Å²) in [6.45, 7) is 24.3. The predicted octanol–water partition coefficient (Wildman–Crippen LogP) is 21.6. The second-order valence-electron chi connectivity index (χ2n) is 29.4. The van der Waals surface area contributed by atoms with Crippen LogP contribution in [-0.2, 0) is 39.9 Å². The maximum Gasteiger partial charge on any atom is 0.333 e. The molecule has 2 aliphatic carbocycles. The third-order valence-corrected chi connectivity index (χ3v) is 22.0. The van der Waals surface area contributed by atoms with Crippen molar-refractivity contribution in [1.82, 2.24) is 0 Å². The molecule has 0 atom stereocenters. The number of hydrogen-bond donors (Lipinski definition) is 0. The fourth-order valence-electron chi connectivity index (χ4n) is 16.7. The fourth-order valence-corrected chi connectivity index (χ4v) is 16.7. The number of nitrogens with zero attached hydrogens (tertiary/aromatic N) is 3. The number of aryl methyl sites for hydroxylation is 2. The SMILES string of the molecule is CCCCc1ccc(N(c2ccc(CCCC)cc2)c2ccc3c(c2)-c2cc(-c4ccccc4)cc4c2B(c2cccc5c2N4c2cc4c(cc2C5(c2ccccc2)c2ccccc2)C(C)(C)CCC4(C)C)N3c2ccc3c(c2)C(C)(C)CCC3(C)C)cc1. The van der Waals surface area contributed by atoms with Gasteiger partial charge in [0.1, 0.15) is 0 Å². The average molecular weight is 1160 g/mol. The molecule has 0 N–H and O–H groups in total. The quantitative estimate of drug-likeness (QED) is 0.107. The van der Waals surface area contributed by atoms with Gasteiger partial charge in [-0.3, -0.25) is 0 Å². The molecule has 4 heteroatoms. The first-order chi connectivity index (χ1) is 43.0. The molecule has 15 rings (SSSR count). The zero-order chi connectivity index (χ0) is 61.2. The molecule has 0 aromatic heterocycles. The van der Waals surface area contributed by atoms with Crippen LogP contribution >= 0.6 is 0 Å². The van der Waals surface area contributed by atoms with Crippen molar-refractivity contribution in [2.75, 3.05) is 14.6 Å². The number of unbranched alkanes of at least 4 members (excludes halogenated alkanes) is 2. The molecule has 10 aromatic carbocycles. The van der Waals surface area contributed by atoms with Crippen molar-refractivity contribution in [2.24, 2.45) is 0 Å². The van der Waals surface area contributed by atoms with Crippen molar-refractivity contribution in [1.29, 1.82) is 0 Å². The van der Waals surface area contributed by atoms with Gasteiger partial charge in [0.25, 0.3) is 0 Å². The Bertz CT molecular complexity index is 4250. The number of fused-ring (bicyclic) bond motifs is 8. The first-order valence-electron chi connectivity index (χ1n) is 33.6. The Kier molecular flexibility index (Phi) is 13.8. The van der Waals surface area contributed by atoms with Crippen LogP contribution in [0, 0.1) is 0 Å². The van der Waals surface area contributed by atoms with Gasteiger partial charge < -0.3 is 14.6 Å². The van der Waals surface area contributed by atoms with E-state index in [9.17, 15) is 0 Å². The van der Waals surface area contributed by atoms with Crippen LogP contribution in [-0.4, -0.2) is 6.85 Å². The van der Waals surface area contributed by atoms with E-state index in [-0.39, 0.29) is 28.5 Å². The maximum atomic E-state index is 2.79. The van der Waals surface area contributed by atoms with Crippen LogP contribution in [0.5, 0.6) is 0 Å². The number of anilines is 8. The highest BCUT2D eigenvalue weighted by Gasteiger charge is 2.55. The Labute approximate surface area is 531 Å². The molecule has 5 aliphatic rings. The van der Waals surface area contributed by atoms with E-state index in [2.05, 4.69) is 302 Å². The second kappa shape index (κ2) is 21.4. The Morgan fingerprint density at radius 3 is 1.49 bits per heavy atom. The van der Waals surface area contributed by atoms with E-state index < -0.39 is 5.41 Å². The highest BCUT2D eigenvalue weighted by Crippen LogP contribution is 2.62. The lowest BCUT2D eigenvalue weighted by atomic mass is 9.42. The zero-order valence-electron chi connectivity index (χ0n) is 54.3. The van der Waals surface area contributed by atoms with Gasteiger partial charge >= 0.3 is 6.85 Å². The molecule has 0 unspecified atom stereocenters. The van der Waals surface area contributed by atoms with Crippen LogP contribution in [0.15, 0.2) is 218 Å². The molecule has 3 nitrogen and oxygen atoms in total. The van der Waals surface area contributed by atoms with Gasteiger partial charge in [-0.1, -0.05) is 228 Å². The molecule has 0 bridgehead atoms. The number of hydrogen-bond acceptors (Lipinski definition) is 3. The molecular weight excluding hydrogens is 1070 g/mol. The number of para-hydroxylation sites is 1. The molecule has 0 radical (unpaired) electrons. The van der Waals surface area contributed by atoms with Crippen LogP contribution in [0.2, 0.25) is 0 Å². The van der Waals surface area contributed by atoms with Crippen molar-refractivity contribution in [2.45, 2.75) is 161 Å². The molecule has 0 amide bonds. The summed E-state index contributed by atoms with van der Waals surface area (Å²) < 4.78 is 0. The largest absolute Gasteiger partial charge is 0.376 e. The van der Waals surface area contributed by atoms with Gasteiger partial charge in [-0.05, 0) is 229 Å². The van der Waals surface area contributed by atoms with Gasteiger partial charge in [-0.15, -0.1) is 0 Å². The summed E-state index contributed by atoms with van der Waals surface area (Å²) in [6.07, 6.45) is 11.5. The van der Waals surface area contributed by atoms with Gasteiger partial charge in [-0.2, -0.15) is 0 Å². The Balaban J connectivity index is 1.07. The highest BCUT2D eigenvalue weighted by molar-refractivity contribution is 6.93. The normalized spacial score (nSPS) is 17.1. The highest BCUT2D eigenvalue weighted by atomic mass is 15.2. The smallest absolute Gasteiger partial charge is 0.333 e. The van der Waals surface area contributed by atoms with Gasteiger partial charge in [0, 0.05) is 45.4 Å². The summed E-state index contributed by atoms with van der Waals surface area (Å²) >= 11 is 0. The molecule has 10 aromatic rings. The van der Waals surface area contributed by atoms with E-state index in [1.54, 1.807) is 0 Å². The standard InChI is InChI=1S/C85H86BN3/c1-11-13-25-57-35-39-63(40-36-57)87(64-41-37-58(38-42-64)26-14-12-2)65-44-46-76-67(53-65)68-51-60(59-27-18-15-19-28-59)52-78-79(68)86(89(76)66-43-45-69-71(54-66)82(5,6)48-47-81(69,3)4)75-34-24-33-70-80(75)88(78)77-56-73-72(83(7,8)49-50-84(73,9)10)55-74(77)85(70,61-29-20-16-21-30-61)62-31-22-17-23-32-62/h15-24,27-46,51-56H,11-14,25-26,47-50H2,1-10H3. The van der Waals surface area contributed by atoms with Crippen LogP contribution in [0.25, 0.3) is 22.3 Å². The fraction of sp³-hybridized carbons (Fsp3) is 0.294. The Morgan fingerprint density at radius 2 is 0.921 bits per heavy atom. The molecule has 0 saturated heterocycles. The molecule has 0 spiro atoms. The lowest BCUT2D eigenvalue weighted by molar-refractivity contribution is 0.331. The average Bonchev–Trinajstić information content (AvgIpc) is 0.672. The van der Waals surface area contributed by atoms with E-state index in [0.717, 1.165) is 49.2 Å². The predicted molar refractivity (Wildman–Crippen MR) is 380 cm³/mol. The van der Waals surface area contributed by atoms with Gasteiger partial charge in [0.15, 0.2) is 0 Å². The number of rotatable bonds is 13. The van der Waals surface area contributed by atoms with E-state index in [1.165, 1.54) is 149 Å². The Hall–Kier alpha value is -8.34. The minimum absolute atomic E-state index is 0.00110. The molecule has 0 saturated carbocycles. The summed E-state index contributed by atoms with van der Waals surface area (Å²) in [7, 11) is 0. The molecule has 444 valence electrons. The van der Waals surface area contributed by atoms with Crippen LogP contribution in [0.3, 0.4) is 0 Å².